The number of halogens is 5. The molecule has 5 rings (SSSR count). The SMILES string of the molecule is CC1(c2ccc(F)c(F)c2)C(=O)Nc2nc(-c3cn4ncnc4c(CCCC(F)(F)F)n3)nc(N)c21. The Balaban J connectivity index is 1.57. The highest BCUT2D eigenvalue weighted by atomic mass is 19.4. The quantitative estimate of drug-likeness (QED) is 0.398. The van der Waals surface area contributed by atoms with Gasteiger partial charge in [0.05, 0.1) is 17.5 Å². The summed E-state index contributed by atoms with van der Waals surface area (Å²) in [6, 6.07) is 3.09. The number of hydrogen-bond donors (Lipinski definition) is 2. The van der Waals surface area contributed by atoms with Crippen molar-refractivity contribution in [1.29, 1.82) is 0 Å². The number of fused-ring (bicyclic) bond motifs is 2. The maximum absolute atomic E-state index is 13.9. The molecule has 3 aromatic heterocycles. The average molecular weight is 504 g/mol. The van der Waals surface area contributed by atoms with Gasteiger partial charge in [-0.1, -0.05) is 6.07 Å². The maximum Gasteiger partial charge on any atom is 0.389 e. The summed E-state index contributed by atoms with van der Waals surface area (Å²) in [4.78, 5) is 30.0. The number of alkyl halides is 3. The lowest BCUT2D eigenvalue weighted by atomic mass is 9.77. The van der Waals surface area contributed by atoms with E-state index in [2.05, 4.69) is 30.4 Å². The van der Waals surface area contributed by atoms with E-state index in [0.717, 1.165) is 12.1 Å². The number of carbonyl (C=O) groups excluding carboxylic acids is 1. The lowest BCUT2D eigenvalue weighted by Gasteiger charge is -2.23. The smallest absolute Gasteiger partial charge is 0.383 e. The van der Waals surface area contributed by atoms with Crippen molar-refractivity contribution in [3.05, 3.63) is 59.2 Å². The molecule has 9 nitrogen and oxygen atoms in total. The number of rotatable bonds is 5. The largest absolute Gasteiger partial charge is 0.389 e. The van der Waals surface area contributed by atoms with Crippen LogP contribution in [0.15, 0.2) is 30.7 Å². The van der Waals surface area contributed by atoms with Crippen LogP contribution in [0.1, 0.15) is 36.6 Å². The Hall–Kier alpha value is -4.23. The minimum absolute atomic E-state index is 0.0180. The maximum atomic E-state index is 13.9. The second-order valence-corrected chi connectivity index (χ2v) is 8.43. The van der Waals surface area contributed by atoms with Crippen molar-refractivity contribution < 1.29 is 26.7 Å². The van der Waals surface area contributed by atoms with Crippen LogP contribution in [0.5, 0.6) is 0 Å². The van der Waals surface area contributed by atoms with Gasteiger partial charge < -0.3 is 11.1 Å². The molecule has 36 heavy (non-hydrogen) atoms. The molecular formula is C22H17F5N8O. The van der Waals surface area contributed by atoms with Crippen LogP contribution in [0.3, 0.4) is 0 Å². The second kappa shape index (κ2) is 8.17. The molecule has 1 aliphatic rings. The molecule has 4 heterocycles. The molecule has 1 atom stereocenters. The highest BCUT2D eigenvalue weighted by molar-refractivity contribution is 6.09. The van der Waals surface area contributed by atoms with Gasteiger partial charge in [-0.2, -0.15) is 18.3 Å². The number of aromatic nitrogens is 6. The highest BCUT2D eigenvalue weighted by Crippen LogP contribution is 2.45. The molecule has 0 spiro atoms. The predicted octanol–water partition coefficient (Wildman–Crippen LogP) is 3.58. The average Bonchev–Trinajstić information content (AvgIpc) is 3.37. The van der Waals surface area contributed by atoms with E-state index in [4.69, 9.17) is 5.73 Å². The molecule has 0 saturated heterocycles. The van der Waals surface area contributed by atoms with Gasteiger partial charge in [0, 0.05) is 6.42 Å². The molecule has 1 aliphatic heterocycles. The third-order valence-electron chi connectivity index (χ3n) is 6.05. The van der Waals surface area contributed by atoms with Gasteiger partial charge in [-0.15, -0.1) is 0 Å². The normalized spacial score (nSPS) is 17.4. The Kier molecular flexibility index (Phi) is 5.34. The first kappa shape index (κ1) is 23.5. The topological polar surface area (TPSA) is 124 Å². The lowest BCUT2D eigenvalue weighted by molar-refractivity contribution is -0.135. The van der Waals surface area contributed by atoms with Crippen molar-refractivity contribution >= 4 is 23.2 Å². The van der Waals surface area contributed by atoms with Crippen LogP contribution >= 0.6 is 0 Å². The fourth-order valence-corrected chi connectivity index (χ4v) is 4.23. The van der Waals surface area contributed by atoms with E-state index in [9.17, 15) is 26.7 Å². The zero-order valence-corrected chi connectivity index (χ0v) is 18.6. The number of nitrogens with two attached hydrogens (primary N) is 1. The van der Waals surface area contributed by atoms with Crippen LogP contribution in [0.4, 0.5) is 33.6 Å². The van der Waals surface area contributed by atoms with Gasteiger partial charge in [-0.3, -0.25) is 4.79 Å². The number of nitrogen functional groups attached to an aromatic ring is 1. The minimum Gasteiger partial charge on any atom is -0.383 e. The Morgan fingerprint density at radius 1 is 1.14 bits per heavy atom. The molecule has 1 amide bonds. The van der Waals surface area contributed by atoms with E-state index < -0.39 is 35.6 Å². The third-order valence-corrected chi connectivity index (χ3v) is 6.05. The van der Waals surface area contributed by atoms with E-state index in [1.807, 2.05) is 0 Å². The zero-order valence-electron chi connectivity index (χ0n) is 18.6. The molecule has 0 aliphatic carbocycles. The van der Waals surface area contributed by atoms with Gasteiger partial charge in [0.2, 0.25) is 5.91 Å². The third kappa shape index (κ3) is 3.87. The van der Waals surface area contributed by atoms with Crippen LogP contribution in [0, 0.1) is 11.6 Å². The summed E-state index contributed by atoms with van der Waals surface area (Å²) in [6.07, 6.45) is -2.87. The van der Waals surface area contributed by atoms with Crippen LogP contribution < -0.4 is 11.1 Å². The number of nitrogens with zero attached hydrogens (tertiary/aromatic N) is 6. The van der Waals surface area contributed by atoms with Crippen molar-refractivity contribution in [1.82, 2.24) is 29.5 Å². The summed E-state index contributed by atoms with van der Waals surface area (Å²) in [5, 5.41) is 6.62. The Bertz CT molecular complexity index is 1520. The zero-order chi connectivity index (χ0) is 25.8. The van der Waals surface area contributed by atoms with Gasteiger partial charge in [0.1, 0.15) is 29.1 Å². The Morgan fingerprint density at radius 3 is 2.64 bits per heavy atom. The van der Waals surface area contributed by atoms with Gasteiger partial charge in [-0.05, 0) is 37.5 Å². The summed E-state index contributed by atoms with van der Waals surface area (Å²) in [5.41, 5.74) is 5.72. The molecule has 4 aromatic rings. The van der Waals surface area contributed by atoms with Gasteiger partial charge in [0.15, 0.2) is 23.1 Å². The first-order chi connectivity index (χ1) is 17.0. The molecule has 0 saturated carbocycles. The van der Waals surface area contributed by atoms with Gasteiger partial charge >= 0.3 is 6.18 Å². The fraction of sp³-hybridized carbons (Fsp3) is 0.273. The number of benzene rings is 1. The van der Waals surface area contributed by atoms with Crippen molar-refractivity contribution in [3.63, 3.8) is 0 Å². The van der Waals surface area contributed by atoms with Crippen molar-refractivity contribution in [2.24, 2.45) is 0 Å². The first-order valence-corrected chi connectivity index (χ1v) is 10.7. The first-order valence-electron chi connectivity index (χ1n) is 10.7. The second-order valence-electron chi connectivity index (χ2n) is 8.43. The van der Waals surface area contributed by atoms with Gasteiger partial charge in [0.25, 0.3) is 0 Å². The molecule has 186 valence electrons. The standard InChI is InChI=1S/C22H17F5N8O/c1-21(10-4-5-11(23)12(24)7-10)15-16(28)32-17(33-18(15)34-20(21)36)14-8-35-19(29-9-30-35)13(31-14)3-2-6-22(25,26)27/h4-5,7-9H,2-3,6H2,1H3,(H3,28,32,33,34,36). The predicted molar refractivity (Wildman–Crippen MR) is 117 cm³/mol. The number of carbonyl (C=O) groups is 1. The van der Waals surface area contributed by atoms with E-state index in [1.54, 1.807) is 0 Å². The van der Waals surface area contributed by atoms with Crippen molar-refractivity contribution in [2.75, 3.05) is 11.1 Å². The molecule has 0 radical (unpaired) electrons. The minimum atomic E-state index is -4.31. The number of nitrogens with one attached hydrogen (secondary N) is 1. The van der Waals surface area contributed by atoms with Crippen LogP contribution in [0.2, 0.25) is 0 Å². The molecule has 0 bridgehead atoms. The molecule has 14 heteroatoms. The van der Waals surface area contributed by atoms with E-state index in [-0.39, 0.29) is 58.5 Å². The molecule has 1 unspecified atom stereocenters. The highest BCUT2D eigenvalue weighted by Gasteiger charge is 2.48. The number of aryl methyl sites for hydroxylation is 1. The fourth-order valence-electron chi connectivity index (χ4n) is 4.23. The van der Waals surface area contributed by atoms with Crippen molar-refractivity contribution in [3.8, 4) is 11.5 Å². The van der Waals surface area contributed by atoms with Crippen LogP contribution in [0.25, 0.3) is 17.2 Å². The molecule has 1 aromatic carbocycles. The Morgan fingerprint density at radius 2 is 1.92 bits per heavy atom. The number of hydrogen-bond acceptors (Lipinski definition) is 7. The molecular weight excluding hydrogens is 487 g/mol. The van der Waals surface area contributed by atoms with Gasteiger partial charge in [-0.25, -0.2) is 33.2 Å². The van der Waals surface area contributed by atoms with E-state index >= 15 is 0 Å². The monoisotopic (exact) mass is 504 g/mol. The number of anilines is 2. The Labute approximate surface area is 199 Å². The summed E-state index contributed by atoms with van der Waals surface area (Å²) >= 11 is 0. The van der Waals surface area contributed by atoms with E-state index in [1.165, 1.54) is 30.0 Å². The summed E-state index contributed by atoms with van der Waals surface area (Å²) in [7, 11) is 0. The molecule has 3 N–H and O–H groups in total. The van der Waals surface area contributed by atoms with Crippen molar-refractivity contribution in [2.45, 2.75) is 37.8 Å². The van der Waals surface area contributed by atoms with Crippen LogP contribution in [-0.2, 0) is 16.6 Å². The lowest BCUT2D eigenvalue weighted by Crippen LogP contribution is -2.33. The van der Waals surface area contributed by atoms with E-state index in [0.29, 0.717) is 0 Å². The molecule has 0 fully saturated rings. The number of amides is 1. The summed E-state index contributed by atoms with van der Waals surface area (Å²) in [5.74, 6) is -2.85. The summed E-state index contributed by atoms with van der Waals surface area (Å²) in [6.45, 7) is 1.48. The van der Waals surface area contributed by atoms with Crippen LogP contribution in [-0.4, -0.2) is 41.6 Å². The summed E-state index contributed by atoms with van der Waals surface area (Å²) < 4.78 is 66.6.